The molecule has 7 heteroatoms. The van der Waals surface area contributed by atoms with Crippen molar-refractivity contribution in [3.8, 4) is 0 Å². The van der Waals surface area contributed by atoms with E-state index in [1.807, 2.05) is 4.90 Å². The Kier molecular flexibility index (Phi) is 4.67. The number of carboxylic acid groups (broad SMARTS) is 1. The molecule has 0 unspecified atom stereocenters. The number of carbonyl (C=O) groups is 1. The molecule has 5 rings (SSSR count). The van der Waals surface area contributed by atoms with E-state index in [1.54, 1.807) is 48.5 Å². The summed E-state index contributed by atoms with van der Waals surface area (Å²) in [6.07, 6.45) is 0. The van der Waals surface area contributed by atoms with Crippen LogP contribution >= 0.6 is 11.6 Å². The molecule has 0 amide bonds. The lowest BCUT2D eigenvalue weighted by atomic mass is 9.89. The van der Waals surface area contributed by atoms with Gasteiger partial charge in [0.1, 0.15) is 11.4 Å². The molecule has 2 atom stereocenters. The minimum atomic E-state index is -0.901. The van der Waals surface area contributed by atoms with Gasteiger partial charge in [0.2, 0.25) is 5.43 Å². The summed E-state index contributed by atoms with van der Waals surface area (Å²) in [5.74, 6) is -2.19. The van der Waals surface area contributed by atoms with E-state index in [-0.39, 0.29) is 17.2 Å². The fourth-order valence-corrected chi connectivity index (χ4v) is 4.55. The van der Waals surface area contributed by atoms with Crippen LogP contribution in [0.4, 0.5) is 10.1 Å². The summed E-state index contributed by atoms with van der Waals surface area (Å²) in [4.78, 5) is 26.7. The maximum atomic E-state index is 13.3. The Morgan fingerprint density at radius 3 is 2.58 bits per heavy atom. The van der Waals surface area contributed by atoms with Crippen molar-refractivity contribution in [3.63, 3.8) is 0 Å². The van der Waals surface area contributed by atoms with Crippen molar-refractivity contribution < 1.29 is 18.7 Å². The fourth-order valence-electron chi connectivity index (χ4n) is 4.34. The Hall–Kier alpha value is -3.38. The van der Waals surface area contributed by atoms with Crippen LogP contribution in [0.1, 0.15) is 11.5 Å². The highest BCUT2D eigenvalue weighted by Gasteiger charge is 2.38. The number of hydrogen-bond donors (Lipinski definition) is 1. The third-order valence-electron chi connectivity index (χ3n) is 5.93. The second kappa shape index (κ2) is 7.39. The monoisotopic (exact) mass is 437 g/mol. The maximum Gasteiger partial charge on any atom is 0.308 e. The number of para-hydroxylation sites is 1. The summed E-state index contributed by atoms with van der Waals surface area (Å²) >= 11 is 6.21. The van der Waals surface area contributed by atoms with Gasteiger partial charge in [0.15, 0.2) is 5.58 Å². The molecular weight excluding hydrogens is 421 g/mol. The Balaban J connectivity index is 1.56. The van der Waals surface area contributed by atoms with Crippen LogP contribution < -0.4 is 10.3 Å². The minimum absolute atomic E-state index is 0.167. The molecule has 0 bridgehead atoms. The first-order chi connectivity index (χ1) is 14.9. The van der Waals surface area contributed by atoms with Crippen LogP contribution in [-0.2, 0) is 4.79 Å². The molecule has 31 heavy (non-hydrogen) atoms. The second-order valence-corrected chi connectivity index (χ2v) is 8.14. The molecule has 1 saturated heterocycles. The van der Waals surface area contributed by atoms with Gasteiger partial charge in [-0.05, 0) is 42.0 Å². The van der Waals surface area contributed by atoms with Crippen LogP contribution in [0.5, 0.6) is 0 Å². The third-order valence-corrected chi connectivity index (χ3v) is 6.23. The number of benzene rings is 3. The van der Waals surface area contributed by atoms with Crippen LogP contribution in [0.25, 0.3) is 21.9 Å². The first-order valence-electron chi connectivity index (χ1n) is 9.80. The van der Waals surface area contributed by atoms with E-state index in [2.05, 4.69) is 0 Å². The number of fused-ring (bicyclic) bond motifs is 2. The number of aliphatic carboxylic acids is 1. The third kappa shape index (κ3) is 3.33. The zero-order valence-corrected chi connectivity index (χ0v) is 17.0. The summed E-state index contributed by atoms with van der Waals surface area (Å²) < 4.78 is 19.3. The van der Waals surface area contributed by atoms with Gasteiger partial charge in [0.05, 0.1) is 21.7 Å². The molecule has 3 aromatic carbocycles. The summed E-state index contributed by atoms with van der Waals surface area (Å²) in [5, 5.41) is 10.9. The summed E-state index contributed by atoms with van der Waals surface area (Å²) in [6.45, 7) is 0.744. The fraction of sp³-hybridized carbons (Fsp3) is 0.167. The number of rotatable bonds is 3. The van der Waals surface area contributed by atoms with E-state index < -0.39 is 11.9 Å². The summed E-state index contributed by atoms with van der Waals surface area (Å²) in [6, 6.07) is 16.2. The zero-order valence-electron chi connectivity index (χ0n) is 16.2. The van der Waals surface area contributed by atoms with Crippen molar-refractivity contribution in [3.05, 3.63) is 87.3 Å². The Bertz CT molecular complexity index is 1380. The first-order valence-corrected chi connectivity index (χ1v) is 10.2. The van der Waals surface area contributed by atoms with Gasteiger partial charge < -0.3 is 14.4 Å². The maximum absolute atomic E-state index is 13.3. The topological polar surface area (TPSA) is 70.8 Å². The van der Waals surface area contributed by atoms with E-state index in [1.165, 1.54) is 12.1 Å². The van der Waals surface area contributed by atoms with Crippen LogP contribution in [-0.4, -0.2) is 24.2 Å². The summed E-state index contributed by atoms with van der Waals surface area (Å²) in [5.41, 5.74) is 2.08. The molecule has 156 valence electrons. The van der Waals surface area contributed by atoms with E-state index in [4.69, 9.17) is 16.0 Å². The van der Waals surface area contributed by atoms with Gasteiger partial charge in [-0.25, -0.2) is 4.39 Å². The van der Waals surface area contributed by atoms with Gasteiger partial charge in [0.25, 0.3) is 0 Å². The smallest absolute Gasteiger partial charge is 0.308 e. The Morgan fingerprint density at radius 2 is 1.84 bits per heavy atom. The van der Waals surface area contributed by atoms with Crippen molar-refractivity contribution in [1.82, 2.24) is 0 Å². The normalized spacial score (nSPS) is 18.7. The number of anilines is 1. The van der Waals surface area contributed by atoms with Crippen LogP contribution in [0.2, 0.25) is 5.02 Å². The molecule has 0 saturated carbocycles. The van der Waals surface area contributed by atoms with Crippen LogP contribution in [0.15, 0.2) is 69.9 Å². The van der Waals surface area contributed by atoms with Crippen LogP contribution in [0.3, 0.4) is 0 Å². The molecule has 0 spiro atoms. The Morgan fingerprint density at radius 1 is 1.06 bits per heavy atom. The lowest BCUT2D eigenvalue weighted by Crippen LogP contribution is -2.23. The van der Waals surface area contributed by atoms with E-state index in [0.717, 1.165) is 11.3 Å². The number of halogens is 2. The minimum Gasteiger partial charge on any atom is -0.481 e. The molecule has 2 heterocycles. The zero-order chi connectivity index (χ0) is 21.7. The molecule has 1 N–H and O–H groups in total. The standard InChI is InChI=1S/C24H17ClFNO4/c25-20-3-1-2-17-22(28)16-9-8-15(10-21(16)31-23(17)20)27-11-18(19(12-27)24(29)30)13-4-6-14(26)7-5-13/h1-10,18-19H,11-12H2,(H,29,30)/t18-,19+/m1/s1. The van der Waals surface area contributed by atoms with Crippen molar-refractivity contribution >= 4 is 45.2 Å². The largest absolute Gasteiger partial charge is 0.481 e. The predicted octanol–water partition coefficient (Wildman–Crippen LogP) is 5.04. The van der Waals surface area contributed by atoms with Gasteiger partial charge >= 0.3 is 5.97 Å². The average molecular weight is 438 g/mol. The average Bonchev–Trinajstić information content (AvgIpc) is 3.21. The molecule has 0 radical (unpaired) electrons. The number of carboxylic acids is 1. The highest BCUT2D eigenvalue weighted by molar-refractivity contribution is 6.34. The van der Waals surface area contributed by atoms with Crippen molar-refractivity contribution in [2.75, 3.05) is 18.0 Å². The highest BCUT2D eigenvalue weighted by atomic mass is 35.5. The molecular formula is C24H17ClFNO4. The van der Waals surface area contributed by atoms with E-state index >= 15 is 0 Å². The van der Waals surface area contributed by atoms with Gasteiger partial charge in [-0.1, -0.05) is 29.8 Å². The van der Waals surface area contributed by atoms with E-state index in [0.29, 0.717) is 40.1 Å². The SMILES string of the molecule is O=C(O)[C@H]1CN(c2ccc3c(=O)c4cccc(Cl)c4oc3c2)C[C@@H]1c1ccc(F)cc1. The molecule has 1 aliphatic heterocycles. The van der Waals surface area contributed by atoms with Gasteiger partial charge in [-0.3, -0.25) is 9.59 Å². The lowest BCUT2D eigenvalue weighted by molar-refractivity contribution is -0.141. The predicted molar refractivity (Wildman–Crippen MR) is 117 cm³/mol. The van der Waals surface area contributed by atoms with Gasteiger partial charge in [-0.2, -0.15) is 0 Å². The molecule has 5 nitrogen and oxygen atoms in total. The Labute approximate surface area is 181 Å². The molecule has 1 aromatic heterocycles. The first kappa shape index (κ1) is 19.6. The molecule has 4 aromatic rings. The van der Waals surface area contributed by atoms with E-state index in [9.17, 15) is 19.1 Å². The second-order valence-electron chi connectivity index (χ2n) is 7.74. The van der Waals surface area contributed by atoms with Crippen molar-refractivity contribution in [2.45, 2.75) is 5.92 Å². The van der Waals surface area contributed by atoms with Crippen molar-refractivity contribution in [1.29, 1.82) is 0 Å². The highest BCUT2D eigenvalue weighted by Crippen LogP contribution is 2.37. The number of hydrogen-bond acceptors (Lipinski definition) is 4. The van der Waals surface area contributed by atoms with Crippen LogP contribution in [0, 0.1) is 11.7 Å². The summed E-state index contributed by atoms with van der Waals surface area (Å²) in [7, 11) is 0. The number of nitrogens with zero attached hydrogens (tertiary/aromatic N) is 1. The van der Waals surface area contributed by atoms with Crippen molar-refractivity contribution in [2.24, 2.45) is 5.92 Å². The lowest BCUT2D eigenvalue weighted by Gasteiger charge is -2.19. The molecule has 1 aliphatic rings. The molecule has 0 aliphatic carbocycles. The quantitative estimate of drug-likeness (QED) is 0.454. The van der Waals surface area contributed by atoms with Gasteiger partial charge in [-0.15, -0.1) is 0 Å². The van der Waals surface area contributed by atoms with Gasteiger partial charge in [0, 0.05) is 30.8 Å². The molecule has 1 fully saturated rings.